The van der Waals surface area contributed by atoms with Gasteiger partial charge in [0.05, 0.1) is 5.56 Å². The van der Waals surface area contributed by atoms with Crippen molar-refractivity contribution in [2.24, 2.45) is 0 Å². The Bertz CT molecular complexity index is 297. The fourth-order valence-electron chi connectivity index (χ4n) is 0.920. The highest BCUT2D eigenvalue weighted by molar-refractivity contribution is 7.98. The van der Waals surface area contributed by atoms with Gasteiger partial charge in [-0.2, -0.15) is 11.8 Å². The van der Waals surface area contributed by atoms with Gasteiger partial charge in [-0.25, -0.2) is 4.79 Å². The first-order valence-corrected chi connectivity index (χ1v) is 5.65. The molecule has 0 amide bonds. The molecule has 0 heterocycles. The minimum absolute atomic E-state index is 0.293. The maximum atomic E-state index is 11.4. The van der Waals surface area contributed by atoms with E-state index in [4.69, 9.17) is 10.5 Å². The lowest BCUT2D eigenvalue weighted by molar-refractivity contribution is 0.0530. The molecule has 4 heteroatoms. The summed E-state index contributed by atoms with van der Waals surface area (Å²) in [5, 5.41) is 0. The summed E-state index contributed by atoms with van der Waals surface area (Å²) >= 11 is 1.64. The van der Waals surface area contributed by atoms with Crippen molar-refractivity contribution in [3.8, 4) is 0 Å². The van der Waals surface area contributed by atoms with Crippen LogP contribution in [0.5, 0.6) is 0 Å². The van der Waals surface area contributed by atoms with Gasteiger partial charge < -0.3 is 10.5 Å². The van der Waals surface area contributed by atoms with E-state index in [9.17, 15) is 4.79 Å². The molecule has 0 fully saturated rings. The normalized spacial score (nSPS) is 9.79. The first-order valence-electron chi connectivity index (χ1n) is 4.25. The molecule has 0 spiro atoms. The molecule has 1 aromatic rings. The molecule has 0 atom stereocenters. The number of esters is 1. The highest BCUT2D eigenvalue weighted by Crippen LogP contribution is 2.07. The highest BCUT2D eigenvalue weighted by atomic mass is 32.2. The number of hydrogen-bond donors (Lipinski definition) is 1. The van der Waals surface area contributed by atoms with Crippen molar-refractivity contribution in [1.29, 1.82) is 0 Å². The predicted molar refractivity (Wildman–Crippen MR) is 59.5 cm³/mol. The molecule has 3 nitrogen and oxygen atoms in total. The Morgan fingerprint density at radius 3 is 2.64 bits per heavy atom. The van der Waals surface area contributed by atoms with Crippen LogP contribution in [-0.4, -0.2) is 24.6 Å². The smallest absolute Gasteiger partial charge is 0.338 e. The minimum Gasteiger partial charge on any atom is -0.461 e. The molecule has 0 radical (unpaired) electrons. The van der Waals surface area contributed by atoms with Gasteiger partial charge in [-0.3, -0.25) is 0 Å². The van der Waals surface area contributed by atoms with Gasteiger partial charge in [0.1, 0.15) is 6.61 Å². The van der Waals surface area contributed by atoms with E-state index in [1.165, 1.54) is 0 Å². The summed E-state index contributed by atoms with van der Waals surface area (Å²) in [5.74, 6) is 0.528. The fourth-order valence-corrected chi connectivity index (χ4v) is 1.17. The number of carbonyl (C=O) groups is 1. The summed E-state index contributed by atoms with van der Waals surface area (Å²) in [6.45, 7) is 0.449. The number of benzene rings is 1. The van der Waals surface area contributed by atoms with Crippen LogP contribution in [0.1, 0.15) is 10.4 Å². The summed E-state index contributed by atoms with van der Waals surface area (Å²) < 4.78 is 5.01. The zero-order chi connectivity index (χ0) is 10.4. The molecule has 0 bridgehead atoms. The molecule has 0 aliphatic rings. The Kier molecular flexibility index (Phi) is 4.32. The molecule has 0 aliphatic heterocycles. The molecule has 2 N–H and O–H groups in total. The first-order chi connectivity index (χ1) is 6.74. The summed E-state index contributed by atoms with van der Waals surface area (Å²) in [4.78, 5) is 11.4. The molecule has 0 saturated heterocycles. The number of anilines is 1. The molecule has 76 valence electrons. The second kappa shape index (κ2) is 5.54. The molecule has 0 aromatic heterocycles. The monoisotopic (exact) mass is 211 g/mol. The van der Waals surface area contributed by atoms with Crippen LogP contribution in [0.3, 0.4) is 0 Å². The van der Waals surface area contributed by atoms with Crippen molar-refractivity contribution in [3.63, 3.8) is 0 Å². The summed E-state index contributed by atoms with van der Waals surface area (Å²) in [6.07, 6.45) is 1.97. The van der Waals surface area contributed by atoms with Gasteiger partial charge in [0.15, 0.2) is 0 Å². The van der Waals surface area contributed by atoms with Crippen LogP contribution < -0.4 is 5.73 Å². The van der Waals surface area contributed by atoms with Crippen molar-refractivity contribution in [2.75, 3.05) is 24.3 Å². The molecule has 14 heavy (non-hydrogen) atoms. The Morgan fingerprint density at radius 1 is 1.43 bits per heavy atom. The minimum atomic E-state index is -0.293. The van der Waals surface area contributed by atoms with E-state index in [2.05, 4.69) is 0 Å². The standard InChI is InChI=1S/C10H13NO2S/c1-14-7-6-13-10(12)8-2-4-9(11)5-3-8/h2-5H,6-7,11H2,1H3. The van der Waals surface area contributed by atoms with Gasteiger partial charge in [-0.05, 0) is 30.5 Å². The van der Waals surface area contributed by atoms with E-state index < -0.39 is 0 Å². The van der Waals surface area contributed by atoms with Crippen molar-refractivity contribution < 1.29 is 9.53 Å². The molecule has 0 aliphatic carbocycles. The third kappa shape index (κ3) is 3.30. The van der Waals surface area contributed by atoms with Crippen molar-refractivity contribution in [1.82, 2.24) is 0 Å². The fraction of sp³-hybridized carbons (Fsp3) is 0.300. The number of carbonyl (C=O) groups excluding carboxylic acids is 1. The van der Waals surface area contributed by atoms with Crippen LogP contribution in [-0.2, 0) is 4.74 Å². The second-order valence-corrected chi connectivity index (χ2v) is 3.74. The van der Waals surface area contributed by atoms with Gasteiger partial charge in [0, 0.05) is 11.4 Å². The molecule has 1 aromatic carbocycles. The Hall–Kier alpha value is -1.16. The average molecular weight is 211 g/mol. The number of nitrogens with two attached hydrogens (primary N) is 1. The van der Waals surface area contributed by atoms with Crippen LogP contribution in [0.25, 0.3) is 0 Å². The van der Waals surface area contributed by atoms with E-state index in [-0.39, 0.29) is 5.97 Å². The number of ether oxygens (including phenoxy) is 1. The SMILES string of the molecule is CSCCOC(=O)c1ccc(N)cc1. The number of thioether (sulfide) groups is 1. The number of nitrogen functional groups attached to an aromatic ring is 1. The van der Waals surface area contributed by atoms with Crippen LogP contribution in [0.4, 0.5) is 5.69 Å². The summed E-state index contributed by atoms with van der Waals surface area (Å²) in [5.41, 5.74) is 6.68. The van der Waals surface area contributed by atoms with Crippen LogP contribution in [0, 0.1) is 0 Å². The van der Waals surface area contributed by atoms with E-state index in [0.29, 0.717) is 17.9 Å². The van der Waals surface area contributed by atoms with Crippen molar-refractivity contribution in [3.05, 3.63) is 29.8 Å². The Balaban J connectivity index is 2.48. The maximum absolute atomic E-state index is 11.4. The van der Waals surface area contributed by atoms with E-state index in [1.54, 1.807) is 36.0 Å². The lowest BCUT2D eigenvalue weighted by Gasteiger charge is -2.03. The maximum Gasteiger partial charge on any atom is 0.338 e. The van der Waals surface area contributed by atoms with Gasteiger partial charge in [0.2, 0.25) is 0 Å². The largest absolute Gasteiger partial charge is 0.461 e. The number of hydrogen-bond acceptors (Lipinski definition) is 4. The van der Waals surface area contributed by atoms with E-state index in [0.717, 1.165) is 5.75 Å². The van der Waals surface area contributed by atoms with Crippen molar-refractivity contribution in [2.45, 2.75) is 0 Å². The van der Waals surface area contributed by atoms with E-state index in [1.807, 2.05) is 6.26 Å². The number of rotatable bonds is 4. The molecular weight excluding hydrogens is 198 g/mol. The zero-order valence-electron chi connectivity index (χ0n) is 8.03. The molecule has 0 saturated carbocycles. The Labute approximate surface area is 87.6 Å². The topological polar surface area (TPSA) is 52.3 Å². The third-order valence-electron chi connectivity index (χ3n) is 1.67. The lowest BCUT2D eigenvalue weighted by Crippen LogP contribution is -2.07. The van der Waals surface area contributed by atoms with Crippen LogP contribution in [0.2, 0.25) is 0 Å². The molecule has 0 unspecified atom stereocenters. The van der Waals surface area contributed by atoms with Gasteiger partial charge in [-0.15, -0.1) is 0 Å². The summed E-state index contributed by atoms with van der Waals surface area (Å²) in [6, 6.07) is 6.70. The Morgan fingerprint density at radius 2 is 2.07 bits per heavy atom. The highest BCUT2D eigenvalue weighted by Gasteiger charge is 2.05. The van der Waals surface area contributed by atoms with Gasteiger partial charge >= 0.3 is 5.97 Å². The predicted octanol–water partition coefficient (Wildman–Crippen LogP) is 1.79. The quantitative estimate of drug-likeness (QED) is 0.468. The van der Waals surface area contributed by atoms with Crippen molar-refractivity contribution >= 4 is 23.4 Å². The van der Waals surface area contributed by atoms with E-state index >= 15 is 0 Å². The van der Waals surface area contributed by atoms with Crippen LogP contribution >= 0.6 is 11.8 Å². The molecule has 1 rings (SSSR count). The average Bonchev–Trinajstić information content (AvgIpc) is 2.19. The first kappa shape index (κ1) is 10.9. The summed E-state index contributed by atoms with van der Waals surface area (Å²) in [7, 11) is 0. The van der Waals surface area contributed by atoms with Gasteiger partial charge in [0.25, 0.3) is 0 Å². The third-order valence-corrected chi connectivity index (χ3v) is 2.24. The lowest BCUT2D eigenvalue weighted by atomic mass is 10.2. The molecular formula is C10H13NO2S. The van der Waals surface area contributed by atoms with Crippen LogP contribution in [0.15, 0.2) is 24.3 Å². The second-order valence-electron chi connectivity index (χ2n) is 2.75. The zero-order valence-corrected chi connectivity index (χ0v) is 8.84. The van der Waals surface area contributed by atoms with Gasteiger partial charge in [-0.1, -0.05) is 0 Å².